The Morgan fingerprint density at radius 1 is 1.33 bits per heavy atom. The van der Waals surface area contributed by atoms with Gasteiger partial charge in [0.25, 0.3) is 0 Å². The van der Waals surface area contributed by atoms with Crippen LogP contribution in [0.2, 0.25) is 0 Å². The van der Waals surface area contributed by atoms with Crippen LogP contribution in [-0.2, 0) is 9.59 Å². The first kappa shape index (κ1) is 9.38. The van der Waals surface area contributed by atoms with Crippen molar-refractivity contribution in [2.24, 2.45) is 0 Å². The molecule has 5 heteroatoms. The second kappa shape index (κ2) is 4.35. The summed E-state index contributed by atoms with van der Waals surface area (Å²) in [5.41, 5.74) is 0. The second-order valence-corrected chi connectivity index (χ2v) is 3.71. The summed E-state index contributed by atoms with van der Waals surface area (Å²) in [6, 6.07) is 0. The quantitative estimate of drug-likeness (QED) is 0.512. The molecule has 0 aliphatic carbocycles. The second-order valence-electron chi connectivity index (χ2n) is 2.48. The monoisotopic (exact) mass is 188 g/mol. The lowest BCUT2D eigenvalue weighted by atomic mass is 10.4. The molecule has 0 atom stereocenters. The number of carbonyl (C=O) groups excluding carboxylic acids is 2. The fourth-order valence-electron chi connectivity index (χ4n) is 1.02. The zero-order valence-electron chi connectivity index (χ0n) is 7.00. The van der Waals surface area contributed by atoms with Gasteiger partial charge < -0.3 is 10.2 Å². The predicted molar refractivity (Wildman–Crippen MR) is 48.0 cm³/mol. The first-order valence-corrected chi connectivity index (χ1v) is 5.00. The summed E-state index contributed by atoms with van der Waals surface area (Å²) in [6.45, 7) is 1.38. The van der Waals surface area contributed by atoms with Crippen molar-refractivity contribution < 1.29 is 9.59 Å². The molecule has 0 bridgehead atoms. The molecule has 12 heavy (non-hydrogen) atoms. The molecule has 0 aromatic heterocycles. The van der Waals surface area contributed by atoms with Crippen LogP contribution in [0.15, 0.2) is 0 Å². The molecule has 0 aromatic carbocycles. The SMILES string of the molecule is CNC(=O)C(=O)N1CCSCC1. The molecule has 1 N–H and O–H groups in total. The van der Waals surface area contributed by atoms with Crippen LogP contribution >= 0.6 is 11.8 Å². The maximum Gasteiger partial charge on any atom is 0.311 e. The summed E-state index contributed by atoms with van der Waals surface area (Å²) in [6.07, 6.45) is 0. The van der Waals surface area contributed by atoms with Crippen molar-refractivity contribution in [2.45, 2.75) is 0 Å². The van der Waals surface area contributed by atoms with E-state index in [1.807, 2.05) is 11.8 Å². The molecule has 1 saturated heterocycles. The van der Waals surface area contributed by atoms with Crippen molar-refractivity contribution in [1.82, 2.24) is 10.2 Å². The average molecular weight is 188 g/mol. The summed E-state index contributed by atoms with van der Waals surface area (Å²) < 4.78 is 0. The van der Waals surface area contributed by atoms with Crippen molar-refractivity contribution >= 4 is 23.6 Å². The minimum Gasteiger partial charge on any atom is -0.351 e. The minimum atomic E-state index is -0.512. The fraction of sp³-hybridized carbons (Fsp3) is 0.714. The summed E-state index contributed by atoms with van der Waals surface area (Å²) in [4.78, 5) is 23.7. The van der Waals surface area contributed by atoms with E-state index in [2.05, 4.69) is 5.32 Å². The molecule has 1 rings (SSSR count). The van der Waals surface area contributed by atoms with Gasteiger partial charge in [-0.1, -0.05) is 0 Å². The van der Waals surface area contributed by atoms with Crippen molar-refractivity contribution in [3.8, 4) is 0 Å². The Morgan fingerprint density at radius 3 is 2.42 bits per heavy atom. The molecule has 4 nitrogen and oxygen atoms in total. The van der Waals surface area contributed by atoms with Gasteiger partial charge >= 0.3 is 11.8 Å². The van der Waals surface area contributed by atoms with E-state index in [-0.39, 0.29) is 0 Å². The van der Waals surface area contributed by atoms with Crippen LogP contribution in [0.3, 0.4) is 0 Å². The zero-order chi connectivity index (χ0) is 8.97. The molecule has 0 aromatic rings. The standard InChI is InChI=1S/C7H12N2O2S/c1-8-6(10)7(11)9-2-4-12-5-3-9/h2-5H2,1H3,(H,8,10). The van der Waals surface area contributed by atoms with Crippen LogP contribution in [0, 0.1) is 0 Å². The Labute approximate surface area is 75.7 Å². The Morgan fingerprint density at radius 2 is 1.92 bits per heavy atom. The molecule has 1 heterocycles. The summed E-state index contributed by atoms with van der Waals surface area (Å²) in [5.74, 6) is 0.950. The predicted octanol–water partition coefficient (Wildman–Crippen LogP) is -0.692. The third kappa shape index (κ3) is 2.14. The van der Waals surface area contributed by atoms with E-state index >= 15 is 0 Å². The van der Waals surface area contributed by atoms with E-state index in [9.17, 15) is 9.59 Å². The van der Waals surface area contributed by atoms with Gasteiger partial charge in [0.15, 0.2) is 0 Å². The molecule has 0 spiro atoms. The van der Waals surface area contributed by atoms with Gasteiger partial charge in [-0.25, -0.2) is 0 Å². The highest BCUT2D eigenvalue weighted by Crippen LogP contribution is 2.08. The van der Waals surface area contributed by atoms with Gasteiger partial charge in [0.05, 0.1) is 0 Å². The molecule has 68 valence electrons. The molecule has 2 amide bonds. The number of carbonyl (C=O) groups is 2. The number of amides is 2. The van der Waals surface area contributed by atoms with E-state index in [0.29, 0.717) is 13.1 Å². The highest BCUT2D eigenvalue weighted by molar-refractivity contribution is 7.99. The molecule has 0 unspecified atom stereocenters. The molecule has 1 aliphatic rings. The van der Waals surface area contributed by atoms with Gasteiger partial charge in [0.2, 0.25) is 0 Å². The van der Waals surface area contributed by atoms with E-state index in [1.165, 1.54) is 7.05 Å². The number of hydrogen-bond donors (Lipinski definition) is 1. The third-order valence-corrected chi connectivity index (χ3v) is 2.66. The van der Waals surface area contributed by atoms with E-state index < -0.39 is 11.8 Å². The van der Waals surface area contributed by atoms with Gasteiger partial charge in [-0.2, -0.15) is 11.8 Å². The molecule has 1 aliphatic heterocycles. The fourth-order valence-corrected chi connectivity index (χ4v) is 1.92. The van der Waals surface area contributed by atoms with E-state index in [1.54, 1.807) is 4.90 Å². The number of hydrogen-bond acceptors (Lipinski definition) is 3. The number of thioether (sulfide) groups is 1. The maximum atomic E-state index is 11.2. The molecule has 0 saturated carbocycles. The van der Waals surface area contributed by atoms with Crippen LogP contribution in [0.25, 0.3) is 0 Å². The lowest BCUT2D eigenvalue weighted by molar-refractivity contribution is -0.145. The molecule has 0 radical (unpaired) electrons. The Bertz CT molecular complexity index is 190. The van der Waals surface area contributed by atoms with E-state index in [4.69, 9.17) is 0 Å². The first-order valence-electron chi connectivity index (χ1n) is 3.84. The highest BCUT2D eigenvalue weighted by atomic mass is 32.2. The normalized spacial score (nSPS) is 17.2. The van der Waals surface area contributed by atoms with Crippen LogP contribution < -0.4 is 5.32 Å². The Balaban J connectivity index is 2.45. The number of likely N-dealkylation sites (N-methyl/N-ethyl adjacent to an activating group) is 1. The number of nitrogens with one attached hydrogen (secondary N) is 1. The molecular weight excluding hydrogens is 176 g/mol. The van der Waals surface area contributed by atoms with Crippen LogP contribution in [0.4, 0.5) is 0 Å². The summed E-state index contributed by atoms with van der Waals surface area (Å²) in [7, 11) is 1.47. The van der Waals surface area contributed by atoms with Gasteiger partial charge in [0, 0.05) is 31.6 Å². The zero-order valence-corrected chi connectivity index (χ0v) is 7.82. The number of rotatable bonds is 0. The Kier molecular flexibility index (Phi) is 3.40. The van der Waals surface area contributed by atoms with Crippen LogP contribution in [-0.4, -0.2) is 48.4 Å². The smallest absolute Gasteiger partial charge is 0.311 e. The van der Waals surface area contributed by atoms with Gasteiger partial charge in [-0.3, -0.25) is 9.59 Å². The van der Waals surface area contributed by atoms with Crippen molar-refractivity contribution in [3.63, 3.8) is 0 Å². The van der Waals surface area contributed by atoms with Crippen molar-refractivity contribution in [2.75, 3.05) is 31.6 Å². The van der Waals surface area contributed by atoms with Crippen molar-refractivity contribution in [3.05, 3.63) is 0 Å². The lowest BCUT2D eigenvalue weighted by Crippen LogP contribution is -2.45. The van der Waals surface area contributed by atoms with Gasteiger partial charge in [0.1, 0.15) is 0 Å². The maximum absolute atomic E-state index is 11.2. The summed E-state index contributed by atoms with van der Waals surface area (Å²) in [5, 5.41) is 2.33. The summed E-state index contributed by atoms with van der Waals surface area (Å²) >= 11 is 1.81. The minimum absolute atomic E-state index is 0.405. The van der Waals surface area contributed by atoms with Gasteiger partial charge in [-0.05, 0) is 0 Å². The van der Waals surface area contributed by atoms with Gasteiger partial charge in [-0.15, -0.1) is 0 Å². The van der Waals surface area contributed by atoms with Crippen LogP contribution in [0.5, 0.6) is 0 Å². The van der Waals surface area contributed by atoms with Crippen LogP contribution in [0.1, 0.15) is 0 Å². The van der Waals surface area contributed by atoms with Crippen molar-refractivity contribution in [1.29, 1.82) is 0 Å². The lowest BCUT2D eigenvalue weighted by Gasteiger charge is -2.25. The third-order valence-electron chi connectivity index (χ3n) is 1.72. The Hall–Kier alpha value is -0.710. The number of nitrogens with zero attached hydrogens (tertiary/aromatic N) is 1. The first-order chi connectivity index (χ1) is 5.75. The van der Waals surface area contributed by atoms with E-state index in [0.717, 1.165) is 11.5 Å². The average Bonchev–Trinajstić information content (AvgIpc) is 2.17. The molecular formula is C7H12N2O2S. The highest BCUT2D eigenvalue weighted by Gasteiger charge is 2.21. The molecule has 1 fully saturated rings. The topological polar surface area (TPSA) is 49.4 Å². The largest absolute Gasteiger partial charge is 0.351 e.